The van der Waals surface area contributed by atoms with Gasteiger partial charge in [-0.2, -0.15) is 4.98 Å². The Morgan fingerprint density at radius 1 is 1.17 bits per heavy atom. The first-order valence-electron chi connectivity index (χ1n) is 9.51. The minimum atomic E-state index is -0.480. The van der Waals surface area contributed by atoms with E-state index in [1.54, 1.807) is 4.90 Å². The quantitative estimate of drug-likeness (QED) is 0.652. The van der Waals surface area contributed by atoms with Gasteiger partial charge in [0.1, 0.15) is 5.82 Å². The van der Waals surface area contributed by atoms with Crippen LogP contribution in [0.2, 0.25) is 0 Å². The van der Waals surface area contributed by atoms with E-state index in [0.29, 0.717) is 31.0 Å². The van der Waals surface area contributed by atoms with Gasteiger partial charge >= 0.3 is 6.03 Å². The van der Waals surface area contributed by atoms with Crippen LogP contribution in [0.1, 0.15) is 29.6 Å². The fraction of sp³-hybridized carbons (Fsp3) is 0.238. The van der Waals surface area contributed by atoms with Crippen molar-refractivity contribution in [3.05, 3.63) is 77.7 Å². The monoisotopic (exact) mass is 409 g/mol. The molecule has 1 aliphatic heterocycles. The maximum absolute atomic E-state index is 12.9. The van der Waals surface area contributed by atoms with E-state index in [4.69, 9.17) is 4.52 Å². The topological polar surface area (TPSA) is 100 Å². The third-order valence-electron chi connectivity index (χ3n) is 4.78. The standard InChI is InChI=1S/C21H20FN5O3/c22-16-6-8-17(9-7-16)24-21(29)23-11-18-25-20(26-30-18)15-10-19(28)27(13-15)12-14-4-2-1-3-5-14/h1-9,15H,10-13H2,(H2,23,24,29)/t15-/m0/s1. The Bertz CT molecular complexity index is 1020. The molecule has 30 heavy (non-hydrogen) atoms. The summed E-state index contributed by atoms with van der Waals surface area (Å²) in [5, 5.41) is 9.14. The number of anilines is 1. The highest BCUT2D eigenvalue weighted by molar-refractivity contribution is 5.89. The molecule has 8 nitrogen and oxygen atoms in total. The molecule has 3 aromatic rings. The number of halogens is 1. The molecule has 0 bridgehead atoms. The summed E-state index contributed by atoms with van der Waals surface area (Å²) in [6.07, 6.45) is 0.324. The number of urea groups is 1. The molecule has 1 atom stereocenters. The Morgan fingerprint density at radius 2 is 1.93 bits per heavy atom. The van der Waals surface area contributed by atoms with Gasteiger partial charge in [0.2, 0.25) is 11.8 Å². The number of amides is 3. The molecule has 2 N–H and O–H groups in total. The van der Waals surface area contributed by atoms with Crippen LogP contribution in [0.5, 0.6) is 0 Å². The third kappa shape index (κ3) is 4.80. The number of rotatable bonds is 6. The number of aromatic nitrogens is 2. The molecule has 0 unspecified atom stereocenters. The molecule has 0 spiro atoms. The summed E-state index contributed by atoms with van der Waals surface area (Å²) in [7, 11) is 0. The summed E-state index contributed by atoms with van der Waals surface area (Å²) in [4.78, 5) is 30.4. The number of nitrogens with zero attached hydrogens (tertiary/aromatic N) is 3. The number of likely N-dealkylation sites (tertiary alicyclic amines) is 1. The lowest BCUT2D eigenvalue weighted by atomic mass is 10.1. The van der Waals surface area contributed by atoms with Gasteiger partial charge in [-0.15, -0.1) is 0 Å². The van der Waals surface area contributed by atoms with Crippen LogP contribution in [0, 0.1) is 5.82 Å². The van der Waals surface area contributed by atoms with Crippen LogP contribution < -0.4 is 10.6 Å². The van der Waals surface area contributed by atoms with Gasteiger partial charge in [-0.3, -0.25) is 4.79 Å². The normalized spacial score (nSPS) is 16.0. The van der Waals surface area contributed by atoms with Crippen LogP contribution >= 0.6 is 0 Å². The second kappa shape index (κ2) is 8.73. The molecule has 9 heteroatoms. The number of nitrogens with one attached hydrogen (secondary N) is 2. The SMILES string of the molecule is O=C(NCc1nc([C@H]2CC(=O)N(Cc3ccccc3)C2)no1)Nc1ccc(F)cc1. The molecule has 4 rings (SSSR count). The maximum atomic E-state index is 12.9. The highest BCUT2D eigenvalue weighted by atomic mass is 19.1. The van der Waals surface area contributed by atoms with E-state index < -0.39 is 6.03 Å². The maximum Gasteiger partial charge on any atom is 0.319 e. The zero-order valence-electron chi connectivity index (χ0n) is 16.0. The van der Waals surface area contributed by atoms with Gasteiger partial charge in [0.15, 0.2) is 5.82 Å². The summed E-state index contributed by atoms with van der Waals surface area (Å²) in [5.74, 6) is 0.216. The first kappa shape index (κ1) is 19.6. The van der Waals surface area contributed by atoms with E-state index in [9.17, 15) is 14.0 Å². The highest BCUT2D eigenvalue weighted by Gasteiger charge is 2.33. The molecule has 0 saturated carbocycles. The van der Waals surface area contributed by atoms with E-state index in [1.807, 2.05) is 30.3 Å². The van der Waals surface area contributed by atoms with Crippen LogP contribution in [-0.4, -0.2) is 33.5 Å². The Morgan fingerprint density at radius 3 is 2.70 bits per heavy atom. The molecule has 0 aliphatic carbocycles. The van der Waals surface area contributed by atoms with Gasteiger partial charge < -0.3 is 20.1 Å². The van der Waals surface area contributed by atoms with Crippen molar-refractivity contribution in [1.82, 2.24) is 20.4 Å². The van der Waals surface area contributed by atoms with Crippen LogP contribution in [0.15, 0.2) is 59.1 Å². The minimum absolute atomic E-state index is 0.0361. The first-order chi connectivity index (χ1) is 14.6. The van der Waals surface area contributed by atoms with Crippen LogP contribution in [0.25, 0.3) is 0 Å². The molecular weight excluding hydrogens is 389 g/mol. The van der Waals surface area contributed by atoms with E-state index >= 15 is 0 Å². The number of benzene rings is 2. The molecule has 3 amide bonds. The molecule has 1 aliphatic rings. The molecular formula is C21H20FN5O3. The Labute approximate surface area is 172 Å². The lowest BCUT2D eigenvalue weighted by Crippen LogP contribution is -2.28. The molecule has 1 fully saturated rings. The molecule has 0 radical (unpaired) electrons. The van der Waals surface area contributed by atoms with Crippen molar-refractivity contribution in [2.75, 3.05) is 11.9 Å². The highest BCUT2D eigenvalue weighted by Crippen LogP contribution is 2.27. The lowest BCUT2D eigenvalue weighted by molar-refractivity contribution is -0.128. The van der Waals surface area contributed by atoms with Crippen molar-refractivity contribution in [3.8, 4) is 0 Å². The summed E-state index contributed by atoms with van der Waals surface area (Å²) in [5.41, 5.74) is 1.53. The fourth-order valence-electron chi connectivity index (χ4n) is 3.27. The second-order valence-corrected chi connectivity index (χ2v) is 7.02. The molecule has 2 heterocycles. The summed E-state index contributed by atoms with van der Waals surface area (Å²) >= 11 is 0. The van der Waals surface area contributed by atoms with Gasteiger partial charge in [0.05, 0.1) is 6.54 Å². The largest absolute Gasteiger partial charge is 0.338 e. The van der Waals surface area contributed by atoms with Gasteiger partial charge in [0.25, 0.3) is 0 Å². The predicted molar refractivity (Wildman–Crippen MR) is 106 cm³/mol. The van der Waals surface area contributed by atoms with E-state index in [1.165, 1.54) is 24.3 Å². The van der Waals surface area contributed by atoms with Gasteiger partial charge in [-0.25, -0.2) is 9.18 Å². The van der Waals surface area contributed by atoms with Gasteiger partial charge in [-0.05, 0) is 29.8 Å². The van der Waals surface area contributed by atoms with Crippen molar-refractivity contribution in [3.63, 3.8) is 0 Å². The minimum Gasteiger partial charge on any atom is -0.338 e. The molecule has 1 aromatic heterocycles. The first-order valence-corrected chi connectivity index (χ1v) is 9.51. The third-order valence-corrected chi connectivity index (χ3v) is 4.78. The zero-order valence-corrected chi connectivity index (χ0v) is 16.0. The number of carbonyl (C=O) groups excluding carboxylic acids is 2. The second-order valence-electron chi connectivity index (χ2n) is 7.02. The van der Waals surface area contributed by atoms with Crippen molar-refractivity contribution in [2.45, 2.75) is 25.4 Å². The predicted octanol–water partition coefficient (Wildman–Crippen LogP) is 3.05. The van der Waals surface area contributed by atoms with E-state index in [0.717, 1.165) is 5.56 Å². The van der Waals surface area contributed by atoms with Crippen LogP contribution in [0.3, 0.4) is 0 Å². The van der Waals surface area contributed by atoms with Crippen molar-refractivity contribution in [1.29, 1.82) is 0 Å². The summed E-state index contributed by atoms with van der Waals surface area (Å²) in [6.45, 7) is 1.10. The number of carbonyl (C=O) groups is 2. The summed E-state index contributed by atoms with van der Waals surface area (Å²) in [6, 6.07) is 14.7. The average Bonchev–Trinajstić information content (AvgIpc) is 3.36. The fourth-order valence-corrected chi connectivity index (χ4v) is 3.27. The van der Waals surface area contributed by atoms with Crippen LogP contribution in [0.4, 0.5) is 14.9 Å². The van der Waals surface area contributed by atoms with Gasteiger partial charge in [-0.1, -0.05) is 35.5 Å². The Hall–Kier alpha value is -3.75. The number of hydrogen-bond donors (Lipinski definition) is 2. The zero-order chi connectivity index (χ0) is 20.9. The smallest absolute Gasteiger partial charge is 0.319 e. The van der Waals surface area contributed by atoms with Crippen molar-refractivity contribution < 1.29 is 18.5 Å². The van der Waals surface area contributed by atoms with Crippen molar-refractivity contribution in [2.24, 2.45) is 0 Å². The Kier molecular flexibility index (Phi) is 5.69. The van der Waals surface area contributed by atoms with Crippen LogP contribution in [-0.2, 0) is 17.9 Å². The lowest BCUT2D eigenvalue weighted by Gasteiger charge is -2.15. The van der Waals surface area contributed by atoms with E-state index in [2.05, 4.69) is 20.8 Å². The average molecular weight is 409 g/mol. The van der Waals surface area contributed by atoms with E-state index in [-0.39, 0.29) is 30.1 Å². The molecule has 154 valence electrons. The summed E-state index contributed by atoms with van der Waals surface area (Å²) < 4.78 is 18.1. The molecule has 2 aromatic carbocycles. The number of hydrogen-bond acceptors (Lipinski definition) is 5. The van der Waals surface area contributed by atoms with Gasteiger partial charge in [0, 0.05) is 31.1 Å². The molecule has 1 saturated heterocycles. The Balaban J connectivity index is 1.29. The van der Waals surface area contributed by atoms with Crippen molar-refractivity contribution >= 4 is 17.6 Å².